The highest BCUT2D eigenvalue weighted by Gasteiger charge is 2.40. The van der Waals surface area contributed by atoms with Gasteiger partial charge in [0, 0.05) is 42.0 Å². The summed E-state index contributed by atoms with van der Waals surface area (Å²) in [5.74, 6) is -0.0666. The molecular weight excluding hydrogens is 544 g/mol. The van der Waals surface area contributed by atoms with Crippen molar-refractivity contribution in [1.82, 2.24) is 10.2 Å². The summed E-state index contributed by atoms with van der Waals surface area (Å²) in [6, 6.07) is 22.9. The highest BCUT2D eigenvalue weighted by atomic mass is 32.2. The molecule has 0 radical (unpaired) electrons. The van der Waals surface area contributed by atoms with Crippen LogP contribution in [0, 0.1) is 0 Å². The molecule has 7 rings (SSSR count). The molecule has 8 heteroatoms. The van der Waals surface area contributed by atoms with Gasteiger partial charge in [0.25, 0.3) is 5.91 Å². The summed E-state index contributed by atoms with van der Waals surface area (Å²) in [5.41, 5.74) is 3.82. The molecule has 42 heavy (non-hydrogen) atoms. The van der Waals surface area contributed by atoms with Crippen molar-refractivity contribution in [2.45, 2.75) is 56.1 Å². The molecule has 7 nitrogen and oxygen atoms in total. The number of nitrogens with zero attached hydrogens (tertiary/aromatic N) is 2. The van der Waals surface area contributed by atoms with Crippen LogP contribution in [0.5, 0.6) is 0 Å². The summed E-state index contributed by atoms with van der Waals surface area (Å²) in [4.78, 5) is 16.0. The predicted molar refractivity (Wildman–Crippen MR) is 167 cm³/mol. The van der Waals surface area contributed by atoms with Crippen LogP contribution in [-0.2, 0) is 16.4 Å². The Morgan fingerprint density at radius 3 is 2.31 bits per heavy atom. The molecule has 3 fully saturated rings. The second-order valence-electron chi connectivity index (χ2n) is 12.8. The zero-order chi connectivity index (χ0) is 29.4. The first kappa shape index (κ1) is 29.1. The molecule has 2 N–H and O–H groups in total. The summed E-state index contributed by atoms with van der Waals surface area (Å²) in [7, 11) is -3.45. The van der Waals surface area contributed by atoms with Crippen molar-refractivity contribution in [1.29, 1.82) is 0 Å². The Kier molecular flexibility index (Phi) is 8.00. The minimum absolute atomic E-state index is 0.0685. The molecule has 222 valence electrons. The highest BCUT2D eigenvalue weighted by molar-refractivity contribution is 7.91. The first-order valence-electron chi connectivity index (χ1n) is 15.3. The van der Waals surface area contributed by atoms with E-state index in [0.29, 0.717) is 16.1 Å². The molecule has 4 aliphatic heterocycles. The van der Waals surface area contributed by atoms with E-state index in [9.17, 15) is 13.2 Å². The van der Waals surface area contributed by atoms with Gasteiger partial charge in [-0.1, -0.05) is 62.2 Å². The van der Waals surface area contributed by atoms with Gasteiger partial charge in [-0.15, -0.1) is 0 Å². The molecular formula is C34H43N4O3S+. The largest absolute Gasteiger partial charge is 0.322 e. The fraction of sp³-hybridized carbons (Fsp3) is 0.441. The number of amides is 1. The Morgan fingerprint density at radius 2 is 1.64 bits per heavy atom. The van der Waals surface area contributed by atoms with Crippen molar-refractivity contribution >= 4 is 21.4 Å². The van der Waals surface area contributed by atoms with E-state index < -0.39 is 15.4 Å². The lowest BCUT2D eigenvalue weighted by atomic mass is 9.91. The maximum atomic E-state index is 13.4. The Labute approximate surface area is 250 Å². The normalized spacial score (nSPS) is 28.0. The fourth-order valence-corrected chi connectivity index (χ4v) is 9.07. The molecule has 3 aromatic rings. The average molecular weight is 588 g/mol. The third-order valence-corrected chi connectivity index (χ3v) is 11.6. The smallest absolute Gasteiger partial charge is 0.255 e. The van der Waals surface area contributed by atoms with Crippen LogP contribution in [-0.4, -0.2) is 74.3 Å². The van der Waals surface area contributed by atoms with E-state index in [1.54, 1.807) is 12.1 Å². The molecule has 3 aromatic carbocycles. The number of carbonyl (C=O) groups is 1. The zero-order valence-corrected chi connectivity index (χ0v) is 25.6. The number of sulfone groups is 1. The number of nitrogens with one attached hydrogen (secondary N) is 2. The van der Waals surface area contributed by atoms with E-state index in [2.05, 4.69) is 34.6 Å². The van der Waals surface area contributed by atoms with E-state index in [-0.39, 0.29) is 17.7 Å². The number of fused-ring (bicyclic) bond motifs is 4. The van der Waals surface area contributed by atoms with Crippen molar-refractivity contribution in [3.05, 3.63) is 95.1 Å². The number of hydrogen-bond donors (Lipinski definition) is 2. The highest BCUT2D eigenvalue weighted by Crippen LogP contribution is 2.37. The van der Waals surface area contributed by atoms with Crippen molar-refractivity contribution in [3.63, 3.8) is 0 Å². The topological polar surface area (TPSA) is 78.5 Å². The van der Waals surface area contributed by atoms with Crippen LogP contribution in [0.15, 0.2) is 77.7 Å². The lowest BCUT2D eigenvalue weighted by molar-refractivity contribution is -0.953. The molecule has 1 unspecified atom stereocenters. The van der Waals surface area contributed by atoms with Gasteiger partial charge in [0.2, 0.25) is 0 Å². The number of benzene rings is 3. The molecule has 0 aliphatic carbocycles. The third-order valence-electron chi connectivity index (χ3n) is 9.56. The standard InChI is InChI=1S/C34H42N4O3S/c1-3-4-17-34(2)25-42(40,41)31-8-6-5-7-30(31)32(36-34)27-13-15-29(16-14-27)35-33(39)28-11-9-26(10-12-28)24-38-21-18-37(19-22-38)20-23-38/h5-16,32,36H,3-4,17-25H2,1-2H3/p+1/t32-,34?/m1/s1. The lowest BCUT2D eigenvalue weighted by Gasteiger charge is -2.50. The van der Waals surface area contributed by atoms with Gasteiger partial charge < -0.3 is 9.80 Å². The second kappa shape index (κ2) is 11.6. The molecule has 4 aliphatic rings. The summed E-state index contributed by atoms with van der Waals surface area (Å²) in [6.45, 7) is 12.4. The number of rotatable bonds is 8. The average Bonchev–Trinajstić information content (AvgIpc) is 3.09. The number of quaternary nitrogens is 1. The summed E-state index contributed by atoms with van der Waals surface area (Å²) in [5, 5.41) is 6.75. The quantitative estimate of drug-likeness (QED) is 0.363. The molecule has 1 amide bonds. The van der Waals surface area contributed by atoms with Gasteiger partial charge in [-0.2, -0.15) is 0 Å². The number of hydrogen-bond acceptors (Lipinski definition) is 5. The molecule has 2 atom stereocenters. The van der Waals surface area contributed by atoms with E-state index in [4.69, 9.17) is 0 Å². The number of anilines is 1. The van der Waals surface area contributed by atoms with Gasteiger partial charge in [-0.05, 0) is 54.8 Å². The van der Waals surface area contributed by atoms with Gasteiger partial charge in [-0.3, -0.25) is 15.0 Å². The predicted octanol–water partition coefficient (Wildman–Crippen LogP) is 5.00. The molecule has 3 saturated heterocycles. The molecule has 2 bridgehead atoms. The van der Waals surface area contributed by atoms with Crippen molar-refractivity contribution < 1.29 is 17.7 Å². The maximum Gasteiger partial charge on any atom is 0.255 e. The van der Waals surface area contributed by atoms with Crippen molar-refractivity contribution in [2.24, 2.45) is 0 Å². The van der Waals surface area contributed by atoms with Crippen LogP contribution in [0.2, 0.25) is 0 Å². The number of carbonyl (C=O) groups excluding carboxylic acids is 1. The van der Waals surface area contributed by atoms with E-state index in [0.717, 1.165) is 36.9 Å². The van der Waals surface area contributed by atoms with Gasteiger partial charge in [-0.25, -0.2) is 8.42 Å². The van der Waals surface area contributed by atoms with Crippen molar-refractivity contribution in [2.75, 3.05) is 50.3 Å². The number of piperazine rings is 3. The van der Waals surface area contributed by atoms with Crippen LogP contribution < -0.4 is 10.6 Å². The van der Waals surface area contributed by atoms with Gasteiger partial charge in [0.15, 0.2) is 9.84 Å². The van der Waals surface area contributed by atoms with Crippen LogP contribution >= 0.6 is 0 Å². The number of unbranched alkanes of at least 4 members (excludes halogenated alkanes) is 1. The first-order chi connectivity index (χ1) is 20.2. The zero-order valence-electron chi connectivity index (χ0n) is 24.8. The van der Waals surface area contributed by atoms with Crippen LogP contribution in [0.1, 0.15) is 66.2 Å². The minimum atomic E-state index is -3.45. The van der Waals surface area contributed by atoms with Gasteiger partial charge >= 0.3 is 0 Å². The second-order valence-corrected chi connectivity index (χ2v) is 14.8. The fourth-order valence-electron chi connectivity index (χ4n) is 7.02. The summed E-state index contributed by atoms with van der Waals surface area (Å²) < 4.78 is 28.0. The van der Waals surface area contributed by atoms with E-state index >= 15 is 0 Å². The van der Waals surface area contributed by atoms with Crippen LogP contribution in [0.3, 0.4) is 0 Å². The van der Waals surface area contributed by atoms with E-state index in [1.807, 2.05) is 55.5 Å². The molecule has 0 spiro atoms. The van der Waals surface area contributed by atoms with Gasteiger partial charge in [0.05, 0.1) is 36.3 Å². The SMILES string of the molecule is CCCCC1(C)CS(=O)(=O)c2ccccc2[C@@H](c2ccc(NC(=O)c3ccc(C[N+]45CCN(CC4)CC5)cc3)cc2)N1. The molecule has 4 heterocycles. The monoisotopic (exact) mass is 587 g/mol. The molecule has 0 aromatic heterocycles. The van der Waals surface area contributed by atoms with Gasteiger partial charge in [0.1, 0.15) is 6.54 Å². The Hall–Kier alpha value is -3.04. The molecule has 0 saturated carbocycles. The first-order valence-corrected chi connectivity index (χ1v) is 17.0. The Balaban J connectivity index is 1.17. The van der Waals surface area contributed by atoms with E-state index in [1.165, 1.54) is 49.3 Å². The Bertz CT molecular complexity index is 1520. The lowest BCUT2D eigenvalue weighted by Crippen LogP contribution is -2.66. The minimum Gasteiger partial charge on any atom is -0.322 e. The van der Waals surface area contributed by atoms with Crippen molar-refractivity contribution in [3.8, 4) is 0 Å². The third kappa shape index (κ3) is 6.04. The van der Waals surface area contributed by atoms with Crippen LogP contribution in [0.25, 0.3) is 0 Å². The Morgan fingerprint density at radius 1 is 0.976 bits per heavy atom. The summed E-state index contributed by atoms with van der Waals surface area (Å²) >= 11 is 0. The maximum absolute atomic E-state index is 13.4. The van der Waals surface area contributed by atoms with Crippen LogP contribution in [0.4, 0.5) is 5.69 Å². The summed E-state index contributed by atoms with van der Waals surface area (Å²) in [6.07, 6.45) is 2.73.